The van der Waals surface area contributed by atoms with E-state index in [4.69, 9.17) is 4.74 Å². The third-order valence-corrected chi connectivity index (χ3v) is 5.95. The standard InChI is InChI=1S/C24H25FN6O2/c1-33-22-11-17(10-20(25)12-22)15-30-23(16-29-8-2-3-9-29)28-31(24(30)32)21-6-4-18(5-7-21)19-13-26-27-14-19/h4-7,10-14H,2-3,8-9,15-16H2,1H3,(H,26,27). The Labute approximate surface area is 190 Å². The summed E-state index contributed by atoms with van der Waals surface area (Å²) in [6.07, 6.45) is 5.84. The molecular weight excluding hydrogens is 423 g/mol. The molecule has 8 nitrogen and oxygen atoms in total. The van der Waals surface area contributed by atoms with Crippen LogP contribution >= 0.6 is 0 Å². The molecule has 0 bridgehead atoms. The number of nitrogens with zero attached hydrogens (tertiary/aromatic N) is 5. The van der Waals surface area contributed by atoms with Crippen molar-refractivity contribution in [1.29, 1.82) is 0 Å². The van der Waals surface area contributed by atoms with Crippen molar-refractivity contribution in [2.45, 2.75) is 25.9 Å². The number of H-pyrrole nitrogens is 1. The molecule has 0 radical (unpaired) electrons. The average Bonchev–Trinajstić information content (AvgIpc) is 3.58. The van der Waals surface area contributed by atoms with Gasteiger partial charge in [-0.2, -0.15) is 9.78 Å². The summed E-state index contributed by atoms with van der Waals surface area (Å²) in [5.41, 5.74) is 3.01. The highest BCUT2D eigenvalue weighted by molar-refractivity contribution is 5.62. The minimum Gasteiger partial charge on any atom is -0.497 e. The number of hydrogen-bond acceptors (Lipinski definition) is 5. The molecule has 0 unspecified atom stereocenters. The Kier molecular flexibility index (Phi) is 5.78. The molecule has 4 aromatic rings. The number of likely N-dealkylation sites (tertiary alicyclic amines) is 1. The second kappa shape index (κ2) is 9.03. The first-order valence-corrected chi connectivity index (χ1v) is 10.9. The van der Waals surface area contributed by atoms with Crippen LogP contribution in [0.3, 0.4) is 0 Å². The van der Waals surface area contributed by atoms with E-state index >= 15 is 0 Å². The zero-order valence-corrected chi connectivity index (χ0v) is 18.4. The summed E-state index contributed by atoms with van der Waals surface area (Å²) < 4.78 is 22.3. The highest BCUT2D eigenvalue weighted by Crippen LogP contribution is 2.20. The highest BCUT2D eigenvalue weighted by atomic mass is 19.1. The van der Waals surface area contributed by atoms with Crippen LogP contribution < -0.4 is 10.4 Å². The van der Waals surface area contributed by atoms with E-state index in [1.54, 1.807) is 16.8 Å². The van der Waals surface area contributed by atoms with Gasteiger partial charge < -0.3 is 4.74 Å². The summed E-state index contributed by atoms with van der Waals surface area (Å²) in [6, 6.07) is 12.1. The van der Waals surface area contributed by atoms with Crippen LogP contribution in [0.4, 0.5) is 4.39 Å². The van der Waals surface area contributed by atoms with Crippen LogP contribution in [0.15, 0.2) is 59.7 Å². The van der Waals surface area contributed by atoms with Gasteiger partial charge in [-0.3, -0.25) is 14.6 Å². The number of hydrogen-bond donors (Lipinski definition) is 1. The lowest BCUT2D eigenvalue weighted by Gasteiger charge is -2.14. The van der Waals surface area contributed by atoms with Gasteiger partial charge in [0.25, 0.3) is 0 Å². The van der Waals surface area contributed by atoms with E-state index in [1.165, 1.54) is 23.9 Å². The SMILES string of the molecule is COc1cc(F)cc(Cn2c(CN3CCCC3)nn(-c3ccc(-c4cn[nH]c4)cc3)c2=O)c1. The molecule has 0 amide bonds. The maximum atomic E-state index is 14.1. The van der Waals surface area contributed by atoms with E-state index in [9.17, 15) is 9.18 Å². The topological polar surface area (TPSA) is 81.0 Å². The first-order chi connectivity index (χ1) is 16.1. The van der Waals surface area contributed by atoms with Crippen molar-refractivity contribution in [2.24, 2.45) is 0 Å². The van der Waals surface area contributed by atoms with Gasteiger partial charge in [0.1, 0.15) is 17.4 Å². The van der Waals surface area contributed by atoms with Crippen molar-refractivity contribution in [2.75, 3.05) is 20.2 Å². The number of methoxy groups -OCH3 is 1. The van der Waals surface area contributed by atoms with E-state index < -0.39 is 5.82 Å². The second-order valence-corrected chi connectivity index (χ2v) is 8.21. The maximum absolute atomic E-state index is 14.1. The van der Waals surface area contributed by atoms with Gasteiger partial charge in [-0.05, 0) is 61.3 Å². The van der Waals surface area contributed by atoms with Crippen molar-refractivity contribution in [3.8, 4) is 22.6 Å². The molecule has 1 fully saturated rings. The molecule has 3 heterocycles. The molecular formula is C24H25FN6O2. The van der Waals surface area contributed by atoms with Crippen molar-refractivity contribution in [3.63, 3.8) is 0 Å². The molecule has 2 aromatic carbocycles. The Bertz CT molecular complexity index is 1290. The summed E-state index contributed by atoms with van der Waals surface area (Å²) >= 11 is 0. The Morgan fingerprint density at radius 3 is 2.55 bits per heavy atom. The molecule has 0 saturated carbocycles. The summed E-state index contributed by atoms with van der Waals surface area (Å²) in [4.78, 5) is 15.7. The maximum Gasteiger partial charge on any atom is 0.351 e. The third-order valence-electron chi connectivity index (χ3n) is 5.95. The van der Waals surface area contributed by atoms with Crippen LogP contribution in [0.1, 0.15) is 24.2 Å². The minimum atomic E-state index is -0.402. The zero-order chi connectivity index (χ0) is 22.8. The van der Waals surface area contributed by atoms with Gasteiger partial charge in [0.15, 0.2) is 0 Å². The molecule has 2 aromatic heterocycles. The Morgan fingerprint density at radius 2 is 1.85 bits per heavy atom. The summed E-state index contributed by atoms with van der Waals surface area (Å²) in [5.74, 6) is 0.672. The van der Waals surface area contributed by atoms with Crippen LogP contribution in [0.5, 0.6) is 5.75 Å². The first-order valence-electron chi connectivity index (χ1n) is 10.9. The van der Waals surface area contributed by atoms with Crippen molar-refractivity contribution in [1.82, 2.24) is 29.4 Å². The van der Waals surface area contributed by atoms with Crippen molar-refractivity contribution in [3.05, 3.63) is 82.5 Å². The van der Waals surface area contributed by atoms with Crippen LogP contribution in [0, 0.1) is 5.82 Å². The molecule has 5 rings (SSSR count). The molecule has 1 N–H and O–H groups in total. The molecule has 1 saturated heterocycles. The number of aromatic nitrogens is 5. The molecule has 0 aliphatic carbocycles. The summed E-state index contributed by atoms with van der Waals surface area (Å²) in [5, 5.41) is 11.5. The van der Waals surface area contributed by atoms with E-state index in [0.717, 1.165) is 37.1 Å². The molecule has 0 spiro atoms. The lowest BCUT2D eigenvalue weighted by Crippen LogP contribution is -2.27. The summed E-state index contributed by atoms with van der Waals surface area (Å²) in [7, 11) is 1.49. The Morgan fingerprint density at radius 1 is 1.06 bits per heavy atom. The quantitative estimate of drug-likeness (QED) is 0.470. The Balaban J connectivity index is 1.52. The fourth-order valence-corrected chi connectivity index (χ4v) is 4.24. The fraction of sp³-hybridized carbons (Fsp3) is 0.292. The third kappa shape index (κ3) is 4.45. The largest absolute Gasteiger partial charge is 0.497 e. The van der Waals surface area contributed by atoms with Gasteiger partial charge in [0.2, 0.25) is 0 Å². The number of ether oxygens (including phenoxy) is 1. The summed E-state index contributed by atoms with van der Waals surface area (Å²) in [6.45, 7) is 2.74. The van der Waals surface area contributed by atoms with Crippen LogP contribution in [-0.2, 0) is 13.1 Å². The van der Waals surface area contributed by atoms with Crippen molar-refractivity contribution < 1.29 is 9.13 Å². The van der Waals surface area contributed by atoms with Gasteiger partial charge in [-0.15, -0.1) is 5.10 Å². The zero-order valence-electron chi connectivity index (χ0n) is 18.4. The Hall–Kier alpha value is -3.72. The fourth-order valence-electron chi connectivity index (χ4n) is 4.24. The first kappa shape index (κ1) is 21.1. The molecule has 1 aliphatic rings. The number of aromatic amines is 1. The van der Waals surface area contributed by atoms with Crippen LogP contribution in [0.25, 0.3) is 16.8 Å². The lowest BCUT2D eigenvalue weighted by molar-refractivity contribution is 0.316. The van der Waals surface area contributed by atoms with Gasteiger partial charge in [0, 0.05) is 17.8 Å². The lowest BCUT2D eigenvalue weighted by atomic mass is 10.1. The number of rotatable bonds is 7. The monoisotopic (exact) mass is 448 g/mol. The van der Waals surface area contributed by atoms with E-state index in [1.807, 2.05) is 30.5 Å². The number of benzene rings is 2. The molecule has 1 aliphatic heterocycles. The van der Waals surface area contributed by atoms with E-state index in [2.05, 4.69) is 20.2 Å². The predicted molar refractivity (Wildman–Crippen MR) is 122 cm³/mol. The molecule has 33 heavy (non-hydrogen) atoms. The number of halogens is 1. The van der Waals surface area contributed by atoms with E-state index in [-0.39, 0.29) is 12.2 Å². The molecule has 9 heteroatoms. The minimum absolute atomic E-state index is 0.212. The van der Waals surface area contributed by atoms with Gasteiger partial charge in [-0.25, -0.2) is 9.18 Å². The predicted octanol–water partition coefficient (Wildman–Crippen LogP) is 3.22. The normalized spacial score (nSPS) is 14.1. The van der Waals surface area contributed by atoms with Crippen LogP contribution in [-0.4, -0.2) is 49.6 Å². The highest BCUT2D eigenvalue weighted by Gasteiger charge is 2.20. The second-order valence-electron chi connectivity index (χ2n) is 8.21. The number of nitrogens with one attached hydrogen (secondary N) is 1. The van der Waals surface area contributed by atoms with Crippen molar-refractivity contribution >= 4 is 0 Å². The average molecular weight is 449 g/mol. The van der Waals surface area contributed by atoms with Gasteiger partial charge >= 0.3 is 5.69 Å². The van der Waals surface area contributed by atoms with E-state index in [0.29, 0.717) is 29.4 Å². The van der Waals surface area contributed by atoms with Gasteiger partial charge in [-0.1, -0.05) is 12.1 Å². The molecule has 170 valence electrons. The van der Waals surface area contributed by atoms with Crippen LogP contribution in [0.2, 0.25) is 0 Å². The smallest absolute Gasteiger partial charge is 0.351 e. The van der Waals surface area contributed by atoms with Gasteiger partial charge in [0.05, 0.1) is 32.1 Å². The molecule has 0 atom stereocenters.